The van der Waals surface area contributed by atoms with Crippen molar-refractivity contribution in [1.29, 1.82) is 0 Å². The van der Waals surface area contributed by atoms with E-state index in [1.807, 2.05) is 26.0 Å². The van der Waals surface area contributed by atoms with Crippen LogP contribution in [0.2, 0.25) is 0 Å². The van der Waals surface area contributed by atoms with Crippen LogP contribution in [0.15, 0.2) is 71.6 Å². The topological polar surface area (TPSA) is 93.7 Å². The highest BCUT2D eigenvalue weighted by Gasteiger charge is 2.18. The number of carbonyl (C=O) groups is 1. The molecule has 0 aliphatic rings. The molecular formula is C24H26N2O5S. The van der Waals surface area contributed by atoms with E-state index in [1.165, 1.54) is 24.3 Å². The van der Waals surface area contributed by atoms with Gasteiger partial charge in [-0.15, -0.1) is 0 Å². The third-order valence-corrected chi connectivity index (χ3v) is 6.19. The van der Waals surface area contributed by atoms with E-state index < -0.39 is 16.1 Å². The number of sulfonamides is 1. The number of hydrogen-bond donors (Lipinski definition) is 2. The van der Waals surface area contributed by atoms with E-state index in [0.717, 1.165) is 11.1 Å². The Hall–Kier alpha value is -3.52. The molecule has 1 amide bonds. The molecule has 2 N–H and O–H groups in total. The standard InChI is InChI=1S/C24H26N2O5S/c1-16-5-6-17(2)23(15-16)26-32(28,29)22-13-7-19(8-14-22)25-24(27)18(3)31-21-11-9-20(30-4)10-12-21/h5-15,18,26H,1-4H3,(H,25,27)/t18-/m1/s1. The Bertz CT molecular complexity index is 1190. The molecule has 0 aliphatic heterocycles. The minimum Gasteiger partial charge on any atom is -0.497 e. The van der Waals surface area contributed by atoms with Crippen LogP contribution in [0.4, 0.5) is 11.4 Å². The Morgan fingerprint density at radius 3 is 2.16 bits per heavy atom. The lowest BCUT2D eigenvalue weighted by Crippen LogP contribution is -2.30. The number of anilines is 2. The highest BCUT2D eigenvalue weighted by atomic mass is 32.2. The first-order valence-electron chi connectivity index (χ1n) is 9.99. The van der Waals surface area contributed by atoms with Gasteiger partial charge in [-0.25, -0.2) is 8.42 Å². The molecule has 8 heteroatoms. The number of aryl methyl sites for hydroxylation is 2. The molecule has 0 fully saturated rings. The SMILES string of the molecule is COc1ccc(O[C@H](C)C(=O)Nc2ccc(S(=O)(=O)Nc3cc(C)ccc3C)cc2)cc1. The fraction of sp³-hybridized carbons (Fsp3) is 0.208. The number of benzene rings is 3. The summed E-state index contributed by atoms with van der Waals surface area (Å²) in [6.07, 6.45) is -0.752. The van der Waals surface area contributed by atoms with Crippen molar-refractivity contribution in [3.05, 3.63) is 77.9 Å². The molecule has 32 heavy (non-hydrogen) atoms. The van der Waals surface area contributed by atoms with Crippen LogP contribution in [-0.2, 0) is 14.8 Å². The largest absolute Gasteiger partial charge is 0.497 e. The number of nitrogens with one attached hydrogen (secondary N) is 2. The first-order valence-corrected chi connectivity index (χ1v) is 11.5. The molecule has 7 nitrogen and oxygen atoms in total. The van der Waals surface area contributed by atoms with E-state index in [1.54, 1.807) is 44.4 Å². The second kappa shape index (κ2) is 9.74. The van der Waals surface area contributed by atoms with Crippen LogP contribution in [0.5, 0.6) is 11.5 Å². The summed E-state index contributed by atoms with van der Waals surface area (Å²) in [4.78, 5) is 12.5. The lowest BCUT2D eigenvalue weighted by atomic mass is 10.1. The van der Waals surface area contributed by atoms with Crippen LogP contribution in [0.1, 0.15) is 18.1 Å². The molecule has 3 aromatic rings. The van der Waals surface area contributed by atoms with Gasteiger partial charge in [0, 0.05) is 5.69 Å². The first kappa shape index (κ1) is 23.1. The highest BCUT2D eigenvalue weighted by molar-refractivity contribution is 7.92. The van der Waals surface area contributed by atoms with Gasteiger partial charge in [0.25, 0.3) is 15.9 Å². The fourth-order valence-electron chi connectivity index (χ4n) is 2.92. The zero-order valence-corrected chi connectivity index (χ0v) is 19.2. The highest BCUT2D eigenvalue weighted by Crippen LogP contribution is 2.23. The van der Waals surface area contributed by atoms with Crippen LogP contribution in [-0.4, -0.2) is 27.5 Å². The zero-order valence-electron chi connectivity index (χ0n) is 18.4. The molecule has 0 radical (unpaired) electrons. The molecule has 3 aromatic carbocycles. The Balaban J connectivity index is 1.64. The molecule has 0 unspecified atom stereocenters. The van der Waals surface area contributed by atoms with Crippen molar-refractivity contribution in [3.8, 4) is 11.5 Å². The van der Waals surface area contributed by atoms with Gasteiger partial charge in [-0.3, -0.25) is 9.52 Å². The second-order valence-corrected chi connectivity index (χ2v) is 9.06. The maximum Gasteiger partial charge on any atom is 0.265 e. The smallest absolute Gasteiger partial charge is 0.265 e. The van der Waals surface area contributed by atoms with Crippen LogP contribution in [0.25, 0.3) is 0 Å². The van der Waals surface area contributed by atoms with Crippen LogP contribution in [0, 0.1) is 13.8 Å². The van der Waals surface area contributed by atoms with E-state index in [4.69, 9.17) is 9.47 Å². The Kier molecular flexibility index (Phi) is 7.05. The van der Waals surface area contributed by atoms with Gasteiger partial charge in [0.05, 0.1) is 17.7 Å². The van der Waals surface area contributed by atoms with Gasteiger partial charge in [0.15, 0.2) is 6.10 Å². The van der Waals surface area contributed by atoms with Crippen molar-refractivity contribution in [2.24, 2.45) is 0 Å². The zero-order chi connectivity index (χ0) is 23.3. The maximum atomic E-state index is 12.7. The number of carbonyl (C=O) groups excluding carboxylic acids is 1. The molecule has 0 bridgehead atoms. The molecule has 0 aromatic heterocycles. The lowest BCUT2D eigenvalue weighted by molar-refractivity contribution is -0.122. The fourth-order valence-corrected chi connectivity index (χ4v) is 4.04. The third-order valence-electron chi connectivity index (χ3n) is 4.81. The van der Waals surface area contributed by atoms with E-state index >= 15 is 0 Å². The van der Waals surface area contributed by atoms with E-state index in [9.17, 15) is 13.2 Å². The molecule has 168 valence electrons. The Labute approximate surface area is 188 Å². The molecule has 0 saturated carbocycles. The van der Waals surface area contributed by atoms with E-state index in [-0.39, 0.29) is 10.8 Å². The number of amides is 1. The molecule has 3 rings (SSSR count). The maximum absolute atomic E-state index is 12.7. The summed E-state index contributed by atoms with van der Waals surface area (Å²) in [5, 5.41) is 2.73. The van der Waals surface area contributed by atoms with Crippen LogP contribution >= 0.6 is 0 Å². The van der Waals surface area contributed by atoms with Crippen LogP contribution in [0.3, 0.4) is 0 Å². The summed E-state index contributed by atoms with van der Waals surface area (Å²) in [6, 6.07) is 18.4. The van der Waals surface area contributed by atoms with Crippen molar-refractivity contribution in [3.63, 3.8) is 0 Å². The Morgan fingerprint density at radius 2 is 1.53 bits per heavy atom. The molecule has 0 heterocycles. The molecule has 0 saturated heterocycles. The minimum atomic E-state index is -3.76. The lowest BCUT2D eigenvalue weighted by Gasteiger charge is -2.15. The number of rotatable bonds is 8. The normalized spacial score (nSPS) is 12.0. The minimum absolute atomic E-state index is 0.0962. The van der Waals surface area contributed by atoms with Gasteiger partial charge < -0.3 is 14.8 Å². The summed E-state index contributed by atoms with van der Waals surface area (Å²) in [5.41, 5.74) is 2.78. The van der Waals surface area contributed by atoms with Gasteiger partial charge in [-0.1, -0.05) is 12.1 Å². The Morgan fingerprint density at radius 1 is 0.906 bits per heavy atom. The monoisotopic (exact) mass is 454 g/mol. The molecule has 0 spiro atoms. The van der Waals surface area contributed by atoms with Crippen molar-refractivity contribution in [2.45, 2.75) is 31.8 Å². The van der Waals surface area contributed by atoms with Crippen molar-refractivity contribution >= 4 is 27.3 Å². The van der Waals surface area contributed by atoms with E-state index in [0.29, 0.717) is 22.9 Å². The molecule has 0 aliphatic carbocycles. The number of methoxy groups -OCH3 is 1. The van der Waals surface area contributed by atoms with Gasteiger partial charge in [0.2, 0.25) is 0 Å². The van der Waals surface area contributed by atoms with Gasteiger partial charge in [-0.2, -0.15) is 0 Å². The first-order chi connectivity index (χ1) is 15.2. The van der Waals surface area contributed by atoms with Crippen molar-refractivity contribution in [2.75, 3.05) is 17.1 Å². The number of ether oxygens (including phenoxy) is 2. The summed E-state index contributed by atoms with van der Waals surface area (Å²) in [5.74, 6) is 0.869. The predicted octanol–water partition coefficient (Wildman–Crippen LogP) is 4.52. The summed E-state index contributed by atoms with van der Waals surface area (Å²) in [7, 11) is -2.19. The van der Waals surface area contributed by atoms with E-state index in [2.05, 4.69) is 10.0 Å². The third kappa shape index (κ3) is 5.79. The second-order valence-electron chi connectivity index (χ2n) is 7.37. The van der Waals surface area contributed by atoms with Gasteiger partial charge in [-0.05, 0) is 86.5 Å². The van der Waals surface area contributed by atoms with Crippen molar-refractivity contribution < 1.29 is 22.7 Å². The predicted molar refractivity (Wildman–Crippen MR) is 125 cm³/mol. The quantitative estimate of drug-likeness (QED) is 0.522. The summed E-state index contributed by atoms with van der Waals surface area (Å²) >= 11 is 0. The summed E-state index contributed by atoms with van der Waals surface area (Å²) < 4.78 is 38.8. The summed E-state index contributed by atoms with van der Waals surface area (Å²) in [6.45, 7) is 5.37. The number of hydrogen-bond acceptors (Lipinski definition) is 5. The molecule has 1 atom stereocenters. The van der Waals surface area contributed by atoms with Crippen molar-refractivity contribution in [1.82, 2.24) is 0 Å². The average Bonchev–Trinajstić information content (AvgIpc) is 2.77. The van der Waals surface area contributed by atoms with Gasteiger partial charge >= 0.3 is 0 Å². The molecular weight excluding hydrogens is 428 g/mol. The van der Waals surface area contributed by atoms with Gasteiger partial charge in [0.1, 0.15) is 11.5 Å². The average molecular weight is 455 g/mol. The van der Waals surface area contributed by atoms with Crippen LogP contribution < -0.4 is 19.5 Å².